The van der Waals surface area contributed by atoms with Crippen molar-refractivity contribution in [1.29, 1.82) is 0 Å². The van der Waals surface area contributed by atoms with Gasteiger partial charge in [-0.05, 0) is 70.5 Å². The fourth-order valence-corrected chi connectivity index (χ4v) is 3.38. The number of hydrogen-bond donors (Lipinski definition) is 1. The van der Waals surface area contributed by atoms with Crippen LogP contribution in [0.15, 0.2) is 0 Å². The topological polar surface area (TPSA) is 15.3 Å². The normalized spacial score (nSPS) is 20.4. The molecule has 2 aliphatic rings. The summed E-state index contributed by atoms with van der Waals surface area (Å²) in [6, 6.07) is 1.80. The molecular weight excluding hydrogens is 244 g/mol. The molecule has 0 aromatic rings. The molecule has 0 amide bonds. The van der Waals surface area contributed by atoms with Gasteiger partial charge in [-0.1, -0.05) is 33.1 Å². The molecule has 0 atom stereocenters. The maximum Gasteiger partial charge on any atom is 0.00952 e. The highest BCUT2D eigenvalue weighted by Crippen LogP contribution is 2.24. The quantitative estimate of drug-likeness (QED) is 0.571. The average Bonchev–Trinajstić information content (AvgIpc) is 3.09. The molecule has 118 valence electrons. The van der Waals surface area contributed by atoms with Crippen LogP contribution in [0.2, 0.25) is 0 Å². The van der Waals surface area contributed by atoms with Gasteiger partial charge in [-0.3, -0.25) is 0 Å². The van der Waals surface area contributed by atoms with Crippen molar-refractivity contribution in [2.75, 3.05) is 19.6 Å². The second kappa shape index (κ2) is 9.04. The lowest BCUT2D eigenvalue weighted by Gasteiger charge is -2.29. The number of unbranched alkanes of at least 4 members (excludes halogenated alkanes) is 2. The van der Waals surface area contributed by atoms with Crippen molar-refractivity contribution in [3.63, 3.8) is 0 Å². The average molecular weight is 281 g/mol. The molecule has 0 spiro atoms. The zero-order chi connectivity index (χ0) is 14.2. The molecule has 2 fully saturated rings. The molecule has 20 heavy (non-hydrogen) atoms. The predicted octanol–water partition coefficient (Wildman–Crippen LogP) is 4.20. The van der Waals surface area contributed by atoms with E-state index in [2.05, 4.69) is 24.1 Å². The minimum absolute atomic E-state index is 0.849. The highest BCUT2D eigenvalue weighted by molar-refractivity contribution is 4.80. The van der Waals surface area contributed by atoms with Crippen LogP contribution in [0.25, 0.3) is 0 Å². The van der Waals surface area contributed by atoms with Gasteiger partial charge in [0, 0.05) is 12.1 Å². The number of nitrogens with one attached hydrogen (secondary N) is 1. The Hall–Kier alpha value is -0.0800. The van der Waals surface area contributed by atoms with Crippen molar-refractivity contribution in [2.45, 2.75) is 90.1 Å². The Balaban J connectivity index is 1.56. The predicted molar refractivity (Wildman–Crippen MR) is 88.2 cm³/mol. The van der Waals surface area contributed by atoms with Crippen LogP contribution < -0.4 is 5.32 Å². The van der Waals surface area contributed by atoms with Gasteiger partial charge >= 0.3 is 0 Å². The standard InChI is InChI=1S/C18H36N2/c1-16(2)12-15-20(18-8-4-5-9-18)14-7-3-6-13-19-17-10-11-17/h16-19H,3-15H2,1-2H3. The first-order valence-corrected chi connectivity index (χ1v) is 9.23. The number of nitrogens with zero attached hydrogens (tertiary/aromatic N) is 1. The van der Waals surface area contributed by atoms with Gasteiger partial charge in [-0.2, -0.15) is 0 Å². The van der Waals surface area contributed by atoms with Crippen LogP contribution in [0, 0.1) is 5.92 Å². The van der Waals surface area contributed by atoms with E-state index in [1.165, 1.54) is 83.8 Å². The first-order chi connectivity index (χ1) is 9.75. The molecule has 2 nitrogen and oxygen atoms in total. The molecule has 1 N–H and O–H groups in total. The fraction of sp³-hybridized carbons (Fsp3) is 1.00. The van der Waals surface area contributed by atoms with Crippen LogP contribution in [-0.4, -0.2) is 36.6 Å². The highest BCUT2D eigenvalue weighted by Gasteiger charge is 2.22. The smallest absolute Gasteiger partial charge is 0.00952 e. The summed E-state index contributed by atoms with van der Waals surface area (Å²) >= 11 is 0. The van der Waals surface area contributed by atoms with Crippen molar-refractivity contribution in [1.82, 2.24) is 10.2 Å². The third-order valence-corrected chi connectivity index (χ3v) is 4.97. The van der Waals surface area contributed by atoms with E-state index >= 15 is 0 Å². The summed E-state index contributed by atoms with van der Waals surface area (Å²) in [6.07, 6.45) is 14.3. The summed E-state index contributed by atoms with van der Waals surface area (Å²) < 4.78 is 0. The van der Waals surface area contributed by atoms with Crippen molar-refractivity contribution in [2.24, 2.45) is 5.92 Å². The lowest BCUT2D eigenvalue weighted by atomic mass is 10.1. The van der Waals surface area contributed by atoms with Crippen molar-refractivity contribution < 1.29 is 0 Å². The Morgan fingerprint density at radius 1 is 0.950 bits per heavy atom. The van der Waals surface area contributed by atoms with E-state index in [4.69, 9.17) is 0 Å². The number of rotatable bonds is 11. The van der Waals surface area contributed by atoms with Crippen LogP contribution >= 0.6 is 0 Å². The van der Waals surface area contributed by atoms with Crippen LogP contribution in [0.5, 0.6) is 0 Å². The van der Waals surface area contributed by atoms with Crippen molar-refractivity contribution in [3.8, 4) is 0 Å². The summed E-state index contributed by atoms with van der Waals surface area (Å²) in [4.78, 5) is 2.82. The largest absolute Gasteiger partial charge is 0.314 e. The van der Waals surface area contributed by atoms with Crippen molar-refractivity contribution >= 4 is 0 Å². The molecule has 0 aromatic heterocycles. The molecule has 2 heteroatoms. The van der Waals surface area contributed by atoms with Gasteiger partial charge in [0.1, 0.15) is 0 Å². The lowest BCUT2D eigenvalue weighted by molar-refractivity contribution is 0.184. The van der Waals surface area contributed by atoms with Gasteiger partial charge in [-0.25, -0.2) is 0 Å². The van der Waals surface area contributed by atoms with E-state index in [0.717, 1.165) is 18.0 Å². The molecular formula is C18H36N2. The Labute approximate surface area is 126 Å². The van der Waals surface area contributed by atoms with E-state index in [1.54, 1.807) is 0 Å². The minimum Gasteiger partial charge on any atom is -0.314 e. The second-order valence-corrected chi connectivity index (χ2v) is 7.45. The Bertz CT molecular complexity index is 242. The second-order valence-electron chi connectivity index (χ2n) is 7.45. The monoisotopic (exact) mass is 280 g/mol. The minimum atomic E-state index is 0.849. The van der Waals surface area contributed by atoms with Crippen molar-refractivity contribution in [3.05, 3.63) is 0 Å². The summed E-state index contributed by atoms with van der Waals surface area (Å²) in [5, 5.41) is 3.63. The Kier molecular flexibility index (Phi) is 7.37. The Morgan fingerprint density at radius 2 is 1.70 bits per heavy atom. The fourth-order valence-electron chi connectivity index (χ4n) is 3.38. The van der Waals surface area contributed by atoms with Gasteiger partial charge in [0.15, 0.2) is 0 Å². The van der Waals surface area contributed by atoms with E-state index in [-0.39, 0.29) is 0 Å². The summed E-state index contributed by atoms with van der Waals surface area (Å²) in [6.45, 7) is 8.65. The van der Waals surface area contributed by atoms with Crippen LogP contribution in [0.4, 0.5) is 0 Å². The van der Waals surface area contributed by atoms with E-state index in [0.29, 0.717) is 0 Å². The molecule has 0 saturated heterocycles. The third-order valence-electron chi connectivity index (χ3n) is 4.97. The lowest BCUT2D eigenvalue weighted by Crippen LogP contribution is -2.35. The van der Waals surface area contributed by atoms with Gasteiger partial charge in [-0.15, -0.1) is 0 Å². The van der Waals surface area contributed by atoms with Gasteiger partial charge in [0.05, 0.1) is 0 Å². The van der Waals surface area contributed by atoms with Crippen LogP contribution in [0.3, 0.4) is 0 Å². The summed E-state index contributed by atoms with van der Waals surface area (Å²) in [5.41, 5.74) is 0. The Morgan fingerprint density at radius 3 is 2.35 bits per heavy atom. The van der Waals surface area contributed by atoms with Gasteiger partial charge < -0.3 is 10.2 Å². The molecule has 2 aliphatic carbocycles. The van der Waals surface area contributed by atoms with E-state index in [1.807, 2.05) is 0 Å². The highest BCUT2D eigenvalue weighted by atomic mass is 15.2. The third kappa shape index (κ3) is 6.58. The van der Waals surface area contributed by atoms with Gasteiger partial charge in [0.2, 0.25) is 0 Å². The summed E-state index contributed by atoms with van der Waals surface area (Å²) in [5.74, 6) is 0.849. The zero-order valence-electron chi connectivity index (χ0n) is 13.9. The maximum absolute atomic E-state index is 3.63. The van der Waals surface area contributed by atoms with E-state index in [9.17, 15) is 0 Å². The molecule has 0 heterocycles. The molecule has 0 aliphatic heterocycles. The first kappa shape index (κ1) is 16.3. The van der Waals surface area contributed by atoms with Gasteiger partial charge in [0.25, 0.3) is 0 Å². The zero-order valence-corrected chi connectivity index (χ0v) is 13.9. The molecule has 0 aromatic carbocycles. The van der Waals surface area contributed by atoms with Crippen LogP contribution in [0.1, 0.15) is 78.1 Å². The first-order valence-electron chi connectivity index (χ1n) is 9.23. The molecule has 2 saturated carbocycles. The maximum atomic E-state index is 3.63. The molecule has 2 rings (SSSR count). The molecule has 0 radical (unpaired) electrons. The SMILES string of the molecule is CC(C)CCN(CCCCCNC1CC1)C1CCCC1. The molecule has 0 bridgehead atoms. The van der Waals surface area contributed by atoms with Crippen LogP contribution in [-0.2, 0) is 0 Å². The molecule has 0 unspecified atom stereocenters. The van der Waals surface area contributed by atoms with E-state index < -0.39 is 0 Å². The summed E-state index contributed by atoms with van der Waals surface area (Å²) in [7, 11) is 0. The number of hydrogen-bond acceptors (Lipinski definition) is 2.